The van der Waals surface area contributed by atoms with Gasteiger partial charge in [0.25, 0.3) is 0 Å². The second-order valence-electron chi connectivity index (χ2n) is 3.92. The van der Waals surface area contributed by atoms with Crippen molar-refractivity contribution in [2.24, 2.45) is 0 Å². The van der Waals surface area contributed by atoms with E-state index in [9.17, 15) is 5.21 Å². The standard InChI is InChI=1S/C10H11N3O5/c14-13(15)6-5-7-10(9-8(6)11-18-12-9)17-4-2-1-3-16-7/h5,13-14H,1-4H2. The monoisotopic (exact) mass is 253 g/mol. The summed E-state index contributed by atoms with van der Waals surface area (Å²) in [7, 11) is 0. The molecule has 2 aromatic rings. The summed E-state index contributed by atoms with van der Waals surface area (Å²) in [5.41, 5.74) is 0.450. The number of nitrogens with zero attached hydrogens (tertiary/aromatic N) is 2. The molecule has 2 heterocycles. The largest absolute Gasteiger partial charge is 0.595 e. The molecule has 0 bridgehead atoms. The predicted molar refractivity (Wildman–Crippen MR) is 57.8 cm³/mol. The predicted octanol–water partition coefficient (Wildman–Crippen LogP) is 0.178. The van der Waals surface area contributed by atoms with Crippen LogP contribution in [0.4, 0.5) is 5.69 Å². The van der Waals surface area contributed by atoms with Crippen molar-refractivity contribution < 1.29 is 24.5 Å². The first-order chi connectivity index (χ1) is 8.77. The van der Waals surface area contributed by atoms with Crippen LogP contribution in [0.25, 0.3) is 11.0 Å². The first kappa shape index (κ1) is 11.2. The van der Waals surface area contributed by atoms with Crippen LogP contribution in [-0.4, -0.2) is 28.7 Å². The van der Waals surface area contributed by atoms with Gasteiger partial charge in [-0.1, -0.05) is 0 Å². The fourth-order valence-electron chi connectivity index (χ4n) is 1.87. The molecule has 1 aromatic heterocycles. The van der Waals surface area contributed by atoms with Crippen LogP contribution in [0.3, 0.4) is 0 Å². The van der Waals surface area contributed by atoms with E-state index in [1.165, 1.54) is 6.07 Å². The summed E-state index contributed by atoms with van der Waals surface area (Å²) < 4.78 is 15.6. The Morgan fingerprint density at radius 2 is 1.89 bits per heavy atom. The molecule has 0 radical (unpaired) electrons. The van der Waals surface area contributed by atoms with Crippen molar-refractivity contribution in [1.82, 2.24) is 10.3 Å². The summed E-state index contributed by atoms with van der Waals surface area (Å²) in [4.78, 5) is 0. The van der Waals surface area contributed by atoms with E-state index >= 15 is 0 Å². The Balaban J connectivity index is 2.21. The van der Waals surface area contributed by atoms with Crippen LogP contribution in [0, 0.1) is 5.21 Å². The van der Waals surface area contributed by atoms with E-state index in [0.717, 1.165) is 12.8 Å². The van der Waals surface area contributed by atoms with Crippen molar-refractivity contribution in [2.75, 3.05) is 13.2 Å². The van der Waals surface area contributed by atoms with E-state index in [1.807, 2.05) is 0 Å². The molecule has 1 aliphatic rings. The minimum atomic E-state index is -1.11. The quantitative estimate of drug-likeness (QED) is 0.698. The number of benzene rings is 1. The van der Waals surface area contributed by atoms with Gasteiger partial charge in [0.1, 0.15) is 0 Å². The van der Waals surface area contributed by atoms with Gasteiger partial charge in [0, 0.05) is 0 Å². The van der Waals surface area contributed by atoms with Gasteiger partial charge in [-0.25, -0.2) is 9.84 Å². The molecular formula is C10H11N3O5. The third kappa shape index (κ3) is 1.76. The Morgan fingerprint density at radius 3 is 2.67 bits per heavy atom. The molecule has 1 unspecified atom stereocenters. The van der Waals surface area contributed by atoms with E-state index in [-0.39, 0.29) is 16.7 Å². The molecule has 0 fully saturated rings. The Kier molecular flexibility index (Phi) is 2.74. The summed E-state index contributed by atoms with van der Waals surface area (Å²) in [6.07, 6.45) is 1.73. The number of hydrogen-bond donors (Lipinski definition) is 2. The van der Waals surface area contributed by atoms with Crippen molar-refractivity contribution in [3.63, 3.8) is 0 Å². The lowest BCUT2D eigenvalue weighted by molar-refractivity contribution is -0.990. The zero-order valence-corrected chi connectivity index (χ0v) is 9.38. The normalized spacial score (nSPS) is 17.2. The van der Waals surface area contributed by atoms with Gasteiger partial charge in [0.05, 0.1) is 19.3 Å². The highest BCUT2D eigenvalue weighted by atomic mass is 16.8. The molecule has 0 spiro atoms. The van der Waals surface area contributed by atoms with Gasteiger partial charge in [-0.2, -0.15) is 5.23 Å². The molecule has 1 atom stereocenters. The van der Waals surface area contributed by atoms with Crippen LogP contribution < -0.4 is 14.7 Å². The van der Waals surface area contributed by atoms with Crippen molar-refractivity contribution in [3.05, 3.63) is 11.3 Å². The van der Waals surface area contributed by atoms with Crippen molar-refractivity contribution in [1.29, 1.82) is 0 Å². The molecular weight excluding hydrogens is 242 g/mol. The summed E-state index contributed by atoms with van der Waals surface area (Å²) in [5.74, 6) is 0.770. The van der Waals surface area contributed by atoms with E-state index in [1.54, 1.807) is 0 Å². The fourth-order valence-corrected chi connectivity index (χ4v) is 1.87. The lowest BCUT2D eigenvalue weighted by Gasteiger charge is -2.18. The topological polar surface area (TPSA) is 105 Å². The van der Waals surface area contributed by atoms with Crippen molar-refractivity contribution in [2.45, 2.75) is 12.8 Å². The van der Waals surface area contributed by atoms with E-state index in [2.05, 4.69) is 14.9 Å². The van der Waals surface area contributed by atoms with Crippen molar-refractivity contribution >= 4 is 16.7 Å². The van der Waals surface area contributed by atoms with Crippen molar-refractivity contribution in [3.8, 4) is 11.5 Å². The zero-order chi connectivity index (χ0) is 12.5. The third-order valence-corrected chi connectivity index (χ3v) is 2.73. The molecule has 2 N–H and O–H groups in total. The van der Waals surface area contributed by atoms with Gasteiger partial charge in [0.15, 0.2) is 22.7 Å². The average molecular weight is 253 g/mol. The lowest BCUT2D eigenvalue weighted by atomic mass is 10.2. The first-order valence-electron chi connectivity index (χ1n) is 5.55. The smallest absolute Gasteiger partial charge is 0.203 e. The van der Waals surface area contributed by atoms with E-state index in [0.29, 0.717) is 24.7 Å². The zero-order valence-electron chi connectivity index (χ0n) is 9.38. The Bertz CT molecular complexity index is 568. The highest BCUT2D eigenvalue weighted by Gasteiger charge is 2.24. The summed E-state index contributed by atoms with van der Waals surface area (Å²) in [5, 5.41) is 26.5. The second kappa shape index (κ2) is 4.41. The molecule has 96 valence electrons. The molecule has 18 heavy (non-hydrogen) atoms. The fraction of sp³-hybridized carbons (Fsp3) is 0.400. The highest BCUT2D eigenvalue weighted by Crippen LogP contribution is 2.38. The van der Waals surface area contributed by atoms with Crippen LogP contribution >= 0.6 is 0 Å². The maximum absolute atomic E-state index is 11.1. The first-order valence-corrected chi connectivity index (χ1v) is 5.55. The van der Waals surface area contributed by atoms with E-state index in [4.69, 9.17) is 14.7 Å². The summed E-state index contributed by atoms with van der Waals surface area (Å²) >= 11 is 0. The van der Waals surface area contributed by atoms with Gasteiger partial charge in [-0.3, -0.25) is 0 Å². The molecule has 8 nitrogen and oxygen atoms in total. The number of quaternary nitrogens is 1. The molecule has 0 aliphatic carbocycles. The number of hydrogen-bond acceptors (Lipinski definition) is 7. The molecule has 8 heteroatoms. The van der Waals surface area contributed by atoms with Crippen LogP contribution in [0.15, 0.2) is 10.7 Å². The van der Waals surface area contributed by atoms with Crippen LogP contribution in [0.1, 0.15) is 12.8 Å². The molecule has 0 saturated carbocycles. The van der Waals surface area contributed by atoms with Crippen LogP contribution in [-0.2, 0) is 0 Å². The maximum Gasteiger partial charge on any atom is 0.203 e. The summed E-state index contributed by atoms with van der Waals surface area (Å²) in [6.45, 7) is 1.05. The molecule has 3 rings (SSSR count). The Hall–Kier alpha value is -1.90. The molecule has 0 saturated heterocycles. The Morgan fingerprint density at radius 1 is 1.17 bits per heavy atom. The summed E-state index contributed by atoms with van der Waals surface area (Å²) in [6, 6.07) is 1.40. The Labute approximate surface area is 101 Å². The van der Waals surface area contributed by atoms with E-state index < -0.39 is 5.23 Å². The number of ether oxygens (including phenoxy) is 2. The lowest BCUT2D eigenvalue weighted by Crippen LogP contribution is -2.99. The SMILES string of the molecule is [O-][NH+](O)c1cc2c(c3nonc13)OCCCCO2. The second-order valence-corrected chi connectivity index (χ2v) is 3.92. The number of fused-ring (bicyclic) bond motifs is 3. The van der Waals surface area contributed by atoms with Crippen LogP contribution in [0.2, 0.25) is 0 Å². The highest BCUT2D eigenvalue weighted by molar-refractivity contribution is 5.91. The number of rotatable bonds is 1. The van der Waals surface area contributed by atoms with Gasteiger partial charge >= 0.3 is 0 Å². The maximum atomic E-state index is 11.1. The van der Waals surface area contributed by atoms with Gasteiger partial charge < -0.3 is 14.7 Å². The minimum Gasteiger partial charge on any atom is -0.595 e. The average Bonchev–Trinajstić information content (AvgIpc) is 2.77. The van der Waals surface area contributed by atoms with Gasteiger partial charge in [-0.15, -0.1) is 0 Å². The number of nitrogens with one attached hydrogen (secondary N) is 1. The number of aromatic nitrogens is 2. The van der Waals surface area contributed by atoms with Gasteiger partial charge in [0.2, 0.25) is 5.52 Å². The third-order valence-electron chi connectivity index (χ3n) is 2.73. The molecule has 0 amide bonds. The molecule has 1 aromatic carbocycles. The molecule has 1 aliphatic heterocycles. The van der Waals surface area contributed by atoms with Crippen LogP contribution in [0.5, 0.6) is 11.5 Å². The minimum absolute atomic E-state index is 0.00539. The van der Waals surface area contributed by atoms with Gasteiger partial charge in [-0.05, 0) is 23.2 Å².